The van der Waals surface area contributed by atoms with Crippen LogP contribution >= 0.6 is 38.9 Å². The van der Waals surface area contributed by atoms with Crippen molar-refractivity contribution in [3.8, 4) is 5.75 Å². The Kier molecular flexibility index (Phi) is 6.08. The van der Waals surface area contributed by atoms with Crippen molar-refractivity contribution in [2.45, 2.75) is 6.61 Å². The fraction of sp³-hybridized carbons (Fsp3) is 0.0588. The van der Waals surface area contributed by atoms with E-state index in [9.17, 15) is 4.39 Å². The van der Waals surface area contributed by atoms with Crippen LogP contribution in [0.25, 0.3) is 0 Å². The highest BCUT2D eigenvalue weighted by Crippen LogP contribution is 2.25. The number of nitrogens with zero attached hydrogens (tertiary/aromatic N) is 2. The summed E-state index contributed by atoms with van der Waals surface area (Å²) in [6.07, 6.45) is 1.58. The predicted octanol–water partition coefficient (Wildman–Crippen LogP) is 5.31. The predicted molar refractivity (Wildman–Crippen MR) is 108 cm³/mol. The summed E-state index contributed by atoms with van der Waals surface area (Å²) < 4.78 is 20.5. The highest BCUT2D eigenvalue weighted by molar-refractivity contribution is 9.10. The Morgan fingerprint density at radius 3 is 2.96 bits per heavy atom. The van der Waals surface area contributed by atoms with E-state index in [2.05, 4.69) is 31.4 Å². The van der Waals surface area contributed by atoms with Crippen LogP contribution in [-0.4, -0.2) is 11.2 Å². The summed E-state index contributed by atoms with van der Waals surface area (Å²) in [6, 6.07) is 9.94. The van der Waals surface area contributed by atoms with Gasteiger partial charge in [0.2, 0.25) is 5.13 Å². The number of hydrogen-bond acceptors (Lipinski definition) is 6. The Morgan fingerprint density at radius 2 is 2.23 bits per heavy atom. The van der Waals surface area contributed by atoms with Crippen LogP contribution in [0.3, 0.4) is 0 Å². The molecule has 3 N–H and O–H groups in total. The van der Waals surface area contributed by atoms with Crippen molar-refractivity contribution in [2.24, 2.45) is 5.10 Å². The third-order valence-corrected chi connectivity index (χ3v) is 4.90. The molecule has 0 fully saturated rings. The number of ether oxygens (including phenoxy) is 1. The number of nitrogens with two attached hydrogens (primary N) is 1. The minimum atomic E-state index is -0.409. The molecular formula is C17H13BrClFN4OS. The van der Waals surface area contributed by atoms with Gasteiger partial charge in [-0.25, -0.2) is 9.37 Å². The first-order valence-electron chi connectivity index (χ1n) is 7.38. The summed E-state index contributed by atoms with van der Waals surface area (Å²) in [5.41, 5.74) is 9.36. The number of thiazole rings is 1. The summed E-state index contributed by atoms with van der Waals surface area (Å²) in [5, 5.41) is 6.74. The van der Waals surface area contributed by atoms with Crippen LogP contribution in [0.4, 0.5) is 15.3 Å². The van der Waals surface area contributed by atoms with E-state index in [-0.39, 0.29) is 6.61 Å². The molecule has 1 heterocycles. The quantitative estimate of drug-likeness (QED) is 0.390. The SMILES string of the molecule is Nc1csc(NN=Cc2cc(Br)ccc2OCc2c(F)cccc2Cl)n1. The van der Waals surface area contributed by atoms with E-state index >= 15 is 0 Å². The zero-order valence-electron chi connectivity index (χ0n) is 13.2. The molecule has 1 aromatic heterocycles. The third kappa shape index (κ3) is 4.72. The number of benzene rings is 2. The number of hydrazone groups is 1. The highest BCUT2D eigenvalue weighted by Gasteiger charge is 2.09. The first-order chi connectivity index (χ1) is 12.5. The van der Waals surface area contributed by atoms with Crippen LogP contribution in [0.5, 0.6) is 5.75 Å². The fourth-order valence-corrected chi connectivity index (χ4v) is 3.21. The van der Waals surface area contributed by atoms with E-state index in [1.807, 2.05) is 12.1 Å². The molecule has 0 radical (unpaired) electrons. The Bertz CT molecular complexity index is 930. The van der Waals surface area contributed by atoms with Gasteiger partial charge in [-0.2, -0.15) is 5.10 Å². The monoisotopic (exact) mass is 454 g/mol. The number of hydrogen-bond donors (Lipinski definition) is 2. The second-order valence-corrected chi connectivity index (χ2v) is 7.30. The lowest BCUT2D eigenvalue weighted by Crippen LogP contribution is -2.02. The molecule has 134 valence electrons. The number of nitrogens with one attached hydrogen (secondary N) is 1. The molecule has 0 bridgehead atoms. The molecule has 0 aliphatic rings. The number of rotatable bonds is 6. The summed E-state index contributed by atoms with van der Waals surface area (Å²) in [5.74, 6) is 0.561. The van der Waals surface area contributed by atoms with Crippen molar-refractivity contribution in [3.05, 3.63) is 68.2 Å². The van der Waals surface area contributed by atoms with Crippen LogP contribution in [0.1, 0.15) is 11.1 Å². The number of anilines is 2. The Morgan fingerprint density at radius 1 is 1.38 bits per heavy atom. The molecule has 0 saturated heterocycles. The maximum atomic E-state index is 13.9. The van der Waals surface area contributed by atoms with Crippen LogP contribution < -0.4 is 15.9 Å². The van der Waals surface area contributed by atoms with Gasteiger partial charge in [-0.1, -0.05) is 33.6 Å². The van der Waals surface area contributed by atoms with E-state index in [1.54, 1.807) is 29.8 Å². The number of halogens is 3. The van der Waals surface area contributed by atoms with Crippen molar-refractivity contribution in [3.63, 3.8) is 0 Å². The summed E-state index contributed by atoms with van der Waals surface area (Å²) in [7, 11) is 0. The van der Waals surface area contributed by atoms with Gasteiger partial charge in [0.1, 0.15) is 24.0 Å². The average molecular weight is 456 g/mol. The molecule has 3 aromatic rings. The fourth-order valence-electron chi connectivity index (χ4n) is 2.07. The maximum absolute atomic E-state index is 13.9. The largest absolute Gasteiger partial charge is 0.488 e. The zero-order valence-corrected chi connectivity index (χ0v) is 16.4. The van der Waals surface area contributed by atoms with Crippen molar-refractivity contribution in [2.75, 3.05) is 11.2 Å². The molecule has 0 atom stereocenters. The minimum Gasteiger partial charge on any atom is -0.488 e. The molecule has 5 nitrogen and oxygen atoms in total. The van der Waals surface area contributed by atoms with E-state index in [0.29, 0.717) is 32.8 Å². The van der Waals surface area contributed by atoms with Crippen molar-refractivity contribution < 1.29 is 9.13 Å². The van der Waals surface area contributed by atoms with Gasteiger partial charge >= 0.3 is 0 Å². The first kappa shape index (κ1) is 18.6. The molecule has 26 heavy (non-hydrogen) atoms. The van der Waals surface area contributed by atoms with Crippen LogP contribution in [-0.2, 0) is 6.61 Å². The van der Waals surface area contributed by atoms with E-state index in [4.69, 9.17) is 22.1 Å². The summed E-state index contributed by atoms with van der Waals surface area (Å²) in [6.45, 7) is 0.00439. The lowest BCUT2D eigenvalue weighted by atomic mass is 10.2. The van der Waals surface area contributed by atoms with Crippen LogP contribution in [0.15, 0.2) is 51.4 Å². The van der Waals surface area contributed by atoms with Gasteiger partial charge in [-0.3, -0.25) is 5.43 Å². The molecule has 0 unspecified atom stereocenters. The second kappa shape index (κ2) is 8.48. The van der Waals surface area contributed by atoms with Crippen molar-refractivity contribution in [1.29, 1.82) is 0 Å². The van der Waals surface area contributed by atoms with Crippen LogP contribution in [0.2, 0.25) is 5.02 Å². The third-order valence-electron chi connectivity index (χ3n) is 3.29. The molecule has 2 aromatic carbocycles. The van der Waals surface area contributed by atoms with Crippen molar-refractivity contribution >= 4 is 56.0 Å². The average Bonchev–Trinajstić information content (AvgIpc) is 3.01. The lowest BCUT2D eigenvalue weighted by Gasteiger charge is -2.11. The minimum absolute atomic E-state index is 0.00439. The molecule has 9 heteroatoms. The standard InChI is InChI=1S/C17H13BrClFN4OS/c18-11-4-5-15(25-8-12-13(19)2-1-3-14(12)20)10(6-11)7-22-24-17-23-16(21)9-26-17/h1-7,9H,8,21H2,(H,23,24). The van der Waals surface area contributed by atoms with Crippen LogP contribution in [0, 0.1) is 5.82 Å². The van der Waals surface area contributed by atoms with Crippen molar-refractivity contribution in [1.82, 2.24) is 4.98 Å². The lowest BCUT2D eigenvalue weighted by molar-refractivity contribution is 0.299. The molecule has 0 saturated carbocycles. The maximum Gasteiger partial charge on any atom is 0.205 e. The molecule has 0 spiro atoms. The Hall–Kier alpha value is -2.16. The first-order valence-corrected chi connectivity index (χ1v) is 9.43. The number of aromatic nitrogens is 1. The summed E-state index contributed by atoms with van der Waals surface area (Å²) in [4.78, 5) is 4.05. The van der Waals surface area contributed by atoms with Gasteiger partial charge in [0, 0.05) is 21.0 Å². The molecule has 0 aliphatic carbocycles. The summed E-state index contributed by atoms with van der Waals surface area (Å²) >= 11 is 10.8. The smallest absolute Gasteiger partial charge is 0.205 e. The number of nitrogen functional groups attached to an aromatic ring is 1. The zero-order chi connectivity index (χ0) is 18.5. The molecular weight excluding hydrogens is 443 g/mol. The van der Waals surface area contributed by atoms with E-state index < -0.39 is 5.82 Å². The molecule has 3 rings (SSSR count). The van der Waals surface area contributed by atoms with E-state index in [1.165, 1.54) is 17.4 Å². The van der Waals surface area contributed by atoms with E-state index in [0.717, 1.165) is 4.47 Å². The van der Waals surface area contributed by atoms with Gasteiger partial charge in [-0.15, -0.1) is 11.3 Å². The van der Waals surface area contributed by atoms with Gasteiger partial charge < -0.3 is 10.5 Å². The Balaban J connectivity index is 1.75. The van der Waals surface area contributed by atoms with Gasteiger partial charge in [0.15, 0.2) is 0 Å². The molecule has 0 aliphatic heterocycles. The highest BCUT2D eigenvalue weighted by atomic mass is 79.9. The second-order valence-electron chi connectivity index (χ2n) is 5.12. The van der Waals surface area contributed by atoms with Gasteiger partial charge in [0.05, 0.1) is 11.2 Å². The topological polar surface area (TPSA) is 72.5 Å². The normalized spacial score (nSPS) is 11.0. The molecule has 0 amide bonds. The van der Waals surface area contributed by atoms with Gasteiger partial charge in [0.25, 0.3) is 0 Å². The van der Waals surface area contributed by atoms with Gasteiger partial charge in [-0.05, 0) is 30.3 Å². The Labute approximate surface area is 166 Å².